The third-order valence-electron chi connectivity index (χ3n) is 7.55. The molecule has 0 aromatic heterocycles. The maximum Gasteiger partial charge on any atom is 0.305 e. The van der Waals surface area contributed by atoms with Crippen LogP contribution in [0.5, 0.6) is 0 Å². The smallest absolute Gasteiger partial charge is 0.305 e. The number of carboxylic acids is 1. The van der Waals surface area contributed by atoms with Crippen molar-refractivity contribution in [2.75, 3.05) is 13.1 Å². The van der Waals surface area contributed by atoms with E-state index < -0.39 is 24.1 Å². The van der Waals surface area contributed by atoms with Crippen molar-refractivity contribution in [3.05, 3.63) is 106 Å². The molecule has 1 aliphatic heterocycles. The SMILES string of the molecule is Cc1cccc(C(=O)N2CCCN(C(=O)c3ccc(C(C)(C)C)cc3)C2C(=O)NC(CC(=O)O)c2cccc(C)c2)c1. The van der Waals surface area contributed by atoms with Crippen LogP contribution in [0.2, 0.25) is 0 Å². The molecule has 8 nitrogen and oxygen atoms in total. The van der Waals surface area contributed by atoms with E-state index in [0.717, 1.165) is 16.7 Å². The van der Waals surface area contributed by atoms with Crippen LogP contribution >= 0.6 is 0 Å². The number of benzene rings is 3. The first-order chi connectivity index (χ1) is 19.8. The van der Waals surface area contributed by atoms with Crippen LogP contribution in [0.3, 0.4) is 0 Å². The molecule has 0 aliphatic carbocycles. The summed E-state index contributed by atoms with van der Waals surface area (Å²) in [5, 5.41) is 12.5. The summed E-state index contributed by atoms with van der Waals surface area (Å²) >= 11 is 0. The molecule has 42 heavy (non-hydrogen) atoms. The van der Waals surface area contributed by atoms with Gasteiger partial charge in [-0.2, -0.15) is 0 Å². The van der Waals surface area contributed by atoms with Crippen molar-refractivity contribution in [3.8, 4) is 0 Å². The highest BCUT2D eigenvalue weighted by Crippen LogP contribution is 2.26. The maximum absolute atomic E-state index is 14.1. The summed E-state index contributed by atoms with van der Waals surface area (Å²) in [7, 11) is 0. The number of carboxylic acid groups (broad SMARTS) is 1. The van der Waals surface area contributed by atoms with E-state index in [9.17, 15) is 24.3 Å². The third kappa shape index (κ3) is 7.05. The van der Waals surface area contributed by atoms with Crippen molar-refractivity contribution in [1.29, 1.82) is 0 Å². The van der Waals surface area contributed by atoms with Crippen LogP contribution in [0.4, 0.5) is 0 Å². The molecule has 8 heteroatoms. The highest BCUT2D eigenvalue weighted by molar-refractivity contribution is 6.01. The zero-order valence-electron chi connectivity index (χ0n) is 24.9. The van der Waals surface area contributed by atoms with Gasteiger partial charge in [0.25, 0.3) is 17.7 Å². The van der Waals surface area contributed by atoms with E-state index in [4.69, 9.17) is 0 Å². The van der Waals surface area contributed by atoms with Gasteiger partial charge in [0.1, 0.15) is 0 Å². The summed E-state index contributed by atoms with van der Waals surface area (Å²) in [5.41, 5.74) is 4.24. The second kappa shape index (κ2) is 12.6. The van der Waals surface area contributed by atoms with Gasteiger partial charge in [0, 0.05) is 24.2 Å². The minimum atomic E-state index is -1.26. The minimum Gasteiger partial charge on any atom is -0.481 e. The van der Waals surface area contributed by atoms with Crippen molar-refractivity contribution in [2.45, 2.75) is 65.1 Å². The van der Waals surface area contributed by atoms with E-state index in [1.807, 2.05) is 44.2 Å². The zero-order chi connectivity index (χ0) is 30.6. The van der Waals surface area contributed by atoms with Gasteiger partial charge in [-0.15, -0.1) is 0 Å². The number of amides is 3. The lowest BCUT2D eigenvalue weighted by Crippen LogP contribution is -2.63. The first kappa shape index (κ1) is 30.5. The van der Waals surface area contributed by atoms with Crippen LogP contribution in [0.15, 0.2) is 72.8 Å². The Kier molecular flexibility index (Phi) is 9.14. The molecule has 3 amide bonds. The van der Waals surface area contributed by atoms with E-state index in [1.165, 1.54) is 9.80 Å². The molecule has 1 aliphatic rings. The second-order valence-electron chi connectivity index (χ2n) is 12.0. The standard InChI is InChI=1S/C34H39N3O5/c1-22-9-6-11-25(19-22)28(21-29(38)39)35-30(40)31-36(32(41)24-13-15-27(16-14-24)34(3,4)5)17-8-18-37(31)33(42)26-12-7-10-23(2)20-26/h6-7,9-16,19-20,28,31H,8,17-18,21H2,1-5H3,(H,35,40)(H,38,39). The molecular weight excluding hydrogens is 530 g/mol. The Bertz CT molecular complexity index is 1470. The lowest BCUT2D eigenvalue weighted by molar-refractivity contribution is -0.138. The topological polar surface area (TPSA) is 107 Å². The van der Waals surface area contributed by atoms with Gasteiger partial charge < -0.3 is 20.2 Å². The van der Waals surface area contributed by atoms with Gasteiger partial charge in [-0.1, -0.05) is 80.4 Å². The van der Waals surface area contributed by atoms with Gasteiger partial charge in [-0.05, 0) is 61.1 Å². The lowest BCUT2D eigenvalue weighted by Gasteiger charge is -2.43. The van der Waals surface area contributed by atoms with E-state index in [2.05, 4.69) is 26.1 Å². The van der Waals surface area contributed by atoms with E-state index in [-0.39, 0.29) is 36.7 Å². The molecule has 2 unspecified atom stereocenters. The van der Waals surface area contributed by atoms with Gasteiger partial charge in [0.2, 0.25) is 0 Å². The molecule has 2 atom stereocenters. The van der Waals surface area contributed by atoms with Crippen LogP contribution in [0.25, 0.3) is 0 Å². The van der Waals surface area contributed by atoms with E-state index in [0.29, 0.717) is 23.1 Å². The monoisotopic (exact) mass is 569 g/mol. The quantitative estimate of drug-likeness (QED) is 0.404. The van der Waals surface area contributed by atoms with Crippen molar-refractivity contribution >= 4 is 23.7 Å². The number of rotatable bonds is 7. The Hall–Kier alpha value is -4.46. The summed E-state index contributed by atoms with van der Waals surface area (Å²) < 4.78 is 0. The number of hydrogen-bond donors (Lipinski definition) is 2. The first-order valence-electron chi connectivity index (χ1n) is 14.2. The van der Waals surface area contributed by atoms with Gasteiger partial charge in [0.15, 0.2) is 6.17 Å². The molecule has 0 spiro atoms. The summed E-state index contributed by atoms with van der Waals surface area (Å²) in [5.74, 6) is -2.43. The second-order valence-corrected chi connectivity index (χ2v) is 12.0. The number of nitrogens with zero attached hydrogens (tertiary/aromatic N) is 2. The Morgan fingerprint density at radius 2 is 1.40 bits per heavy atom. The summed E-state index contributed by atoms with van der Waals surface area (Å²) in [6, 6.07) is 20.8. The molecule has 1 fully saturated rings. The number of aliphatic carboxylic acids is 1. The average Bonchev–Trinajstić information content (AvgIpc) is 2.95. The fourth-order valence-electron chi connectivity index (χ4n) is 5.32. The van der Waals surface area contributed by atoms with Crippen LogP contribution in [-0.2, 0) is 15.0 Å². The molecular formula is C34H39N3O5. The van der Waals surface area contributed by atoms with Crippen LogP contribution in [0.1, 0.15) is 82.6 Å². The first-order valence-corrected chi connectivity index (χ1v) is 14.2. The number of carbonyl (C=O) groups is 4. The molecule has 0 radical (unpaired) electrons. The number of nitrogens with one attached hydrogen (secondary N) is 1. The summed E-state index contributed by atoms with van der Waals surface area (Å²) in [6.07, 6.45) is -1.12. The summed E-state index contributed by atoms with van der Waals surface area (Å²) in [6.45, 7) is 10.6. The Morgan fingerprint density at radius 3 is 1.95 bits per heavy atom. The number of aryl methyl sites for hydroxylation is 2. The average molecular weight is 570 g/mol. The molecule has 220 valence electrons. The summed E-state index contributed by atoms with van der Waals surface area (Å²) in [4.78, 5) is 56.5. The van der Waals surface area contributed by atoms with Gasteiger partial charge in [-0.25, -0.2) is 0 Å². The molecule has 1 heterocycles. The van der Waals surface area contributed by atoms with Crippen LogP contribution in [-0.4, -0.2) is 57.9 Å². The predicted octanol–water partition coefficient (Wildman–Crippen LogP) is 5.25. The molecule has 0 saturated carbocycles. The number of hydrogen-bond acceptors (Lipinski definition) is 4. The molecule has 1 saturated heterocycles. The normalized spacial score (nSPS) is 16.1. The highest BCUT2D eigenvalue weighted by atomic mass is 16.4. The molecule has 0 bridgehead atoms. The minimum absolute atomic E-state index is 0.0961. The Morgan fingerprint density at radius 1 is 0.833 bits per heavy atom. The van der Waals surface area contributed by atoms with Crippen LogP contribution < -0.4 is 5.32 Å². The third-order valence-corrected chi connectivity index (χ3v) is 7.55. The van der Waals surface area contributed by atoms with Gasteiger partial charge in [-0.3, -0.25) is 19.2 Å². The van der Waals surface area contributed by atoms with E-state index in [1.54, 1.807) is 42.5 Å². The van der Waals surface area contributed by atoms with Gasteiger partial charge >= 0.3 is 5.97 Å². The van der Waals surface area contributed by atoms with Crippen molar-refractivity contribution in [2.24, 2.45) is 0 Å². The lowest BCUT2D eigenvalue weighted by atomic mass is 9.86. The van der Waals surface area contributed by atoms with Crippen molar-refractivity contribution < 1.29 is 24.3 Å². The van der Waals surface area contributed by atoms with Gasteiger partial charge in [0.05, 0.1) is 12.5 Å². The van der Waals surface area contributed by atoms with E-state index >= 15 is 0 Å². The highest BCUT2D eigenvalue weighted by Gasteiger charge is 2.41. The van der Waals surface area contributed by atoms with Crippen molar-refractivity contribution in [3.63, 3.8) is 0 Å². The Labute approximate surface area is 247 Å². The maximum atomic E-state index is 14.1. The predicted molar refractivity (Wildman–Crippen MR) is 161 cm³/mol. The zero-order valence-corrected chi connectivity index (χ0v) is 24.9. The van der Waals surface area contributed by atoms with Crippen molar-refractivity contribution in [1.82, 2.24) is 15.1 Å². The molecule has 2 N–H and O–H groups in total. The number of carbonyl (C=O) groups excluding carboxylic acids is 3. The molecule has 4 rings (SSSR count). The Balaban J connectivity index is 1.72. The molecule has 3 aromatic carbocycles. The van der Waals surface area contributed by atoms with Crippen LogP contribution in [0, 0.1) is 13.8 Å². The fraction of sp³-hybridized carbons (Fsp3) is 0.353. The fourth-order valence-corrected chi connectivity index (χ4v) is 5.32. The molecule has 3 aromatic rings. The largest absolute Gasteiger partial charge is 0.481 e.